The van der Waals surface area contributed by atoms with Gasteiger partial charge in [-0.15, -0.1) is 0 Å². The average Bonchev–Trinajstić information content (AvgIpc) is 3.72. The highest BCUT2D eigenvalue weighted by atomic mass is 28.3. The van der Waals surface area contributed by atoms with Gasteiger partial charge in [0.1, 0.15) is 30.1 Å². The van der Waals surface area contributed by atoms with Crippen LogP contribution in [0.4, 0.5) is 16.3 Å². The number of aromatic nitrogens is 3. The van der Waals surface area contributed by atoms with Gasteiger partial charge in [-0.05, 0) is 76.4 Å². The number of benzene rings is 1. The molecule has 13 heteroatoms. The van der Waals surface area contributed by atoms with E-state index in [0.717, 1.165) is 78.7 Å². The maximum Gasteiger partial charge on any atom is 0.410 e. The fourth-order valence-electron chi connectivity index (χ4n) is 7.03. The molecule has 3 saturated heterocycles. The van der Waals surface area contributed by atoms with Gasteiger partial charge >= 0.3 is 6.09 Å². The van der Waals surface area contributed by atoms with Crippen LogP contribution in [-0.2, 0) is 25.7 Å². The number of nitrogens with zero attached hydrogens (tertiary/aromatic N) is 6. The van der Waals surface area contributed by atoms with E-state index in [1.54, 1.807) is 6.33 Å². The fraction of sp³-hybridized carbons (Fsp3) is 0.622. The molecule has 2 amide bonds. The number of carbonyl (C=O) groups excluding carboxylic acids is 2. The van der Waals surface area contributed by atoms with Crippen molar-refractivity contribution in [3.63, 3.8) is 0 Å². The Balaban J connectivity index is 1.12. The zero-order valence-corrected chi connectivity index (χ0v) is 31.7. The van der Waals surface area contributed by atoms with E-state index >= 15 is 0 Å². The van der Waals surface area contributed by atoms with Crippen molar-refractivity contribution in [3.8, 4) is 11.3 Å². The lowest BCUT2D eigenvalue weighted by molar-refractivity contribution is -0.119. The van der Waals surface area contributed by atoms with Crippen LogP contribution in [0.3, 0.4) is 0 Å². The number of morpholine rings is 1. The van der Waals surface area contributed by atoms with Crippen LogP contribution in [0, 0.1) is 5.92 Å². The molecule has 0 aliphatic carbocycles. The first-order valence-electron chi connectivity index (χ1n) is 18.2. The Morgan fingerprint density at radius 3 is 2.48 bits per heavy atom. The molecule has 1 N–H and O–H groups in total. The van der Waals surface area contributed by atoms with Crippen molar-refractivity contribution in [1.82, 2.24) is 24.3 Å². The molecular formula is C37H55N7O5Si. The van der Waals surface area contributed by atoms with Crippen molar-refractivity contribution in [3.05, 3.63) is 36.7 Å². The zero-order valence-electron chi connectivity index (χ0n) is 30.7. The number of hydrogen-bond acceptors (Lipinski definition) is 9. The highest BCUT2D eigenvalue weighted by Crippen LogP contribution is 2.33. The lowest BCUT2D eigenvalue weighted by Gasteiger charge is -2.38. The van der Waals surface area contributed by atoms with E-state index < -0.39 is 13.7 Å². The molecule has 1 unspecified atom stereocenters. The van der Waals surface area contributed by atoms with Crippen LogP contribution in [0.5, 0.6) is 0 Å². The highest BCUT2D eigenvalue weighted by Gasteiger charge is 2.36. The molecular weight excluding hydrogens is 651 g/mol. The predicted octanol–water partition coefficient (Wildman–Crippen LogP) is 5.91. The number of nitrogens with one attached hydrogen (secondary N) is 1. The summed E-state index contributed by atoms with van der Waals surface area (Å²) in [6.45, 7) is 19.7. The number of piperidine rings is 1. The predicted molar refractivity (Wildman–Crippen MR) is 199 cm³/mol. The Labute approximate surface area is 297 Å². The summed E-state index contributed by atoms with van der Waals surface area (Å²) in [7, 11) is -1.23. The van der Waals surface area contributed by atoms with Crippen LogP contribution in [0.2, 0.25) is 25.7 Å². The largest absolute Gasteiger partial charge is 0.444 e. The van der Waals surface area contributed by atoms with Crippen LogP contribution < -0.4 is 10.2 Å². The molecule has 0 saturated carbocycles. The van der Waals surface area contributed by atoms with Crippen molar-refractivity contribution in [2.75, 3.05) is 69.3 Å². The molecule has 2 aromatic heterocycles. The number of rotatable bonds is 10. The third-order valence-electron chi connectivity index (χ3n) is 9.80. The monoisotopic (exact) mass is 705 g/mol. The van der Waals surface area contributed by atoms with Gasteiger partial charge in [0.25, 0.3) is 0 Å². The van der Waals surface area contributed by atoms with Crippen molar-refractivity contribution in [2.45, 2.75) is 84.1 Å². The molecule has 3 aromatic rings. The first kappa shape index (κ1) is 36.3. The number of fused-ring (bicyclic) bond motifs is 1. The second kappa shape index (κ2) is 15.4. The molecule has 0 bridgehead atoms. The second-order valence-corrected chi connectivity index (χ2v) is 21.7. The Morgan fingerprint density at radius 1 is 1.00 bits per heavy atom. The topological polar surface area (TPSA) is 114 Å². The van der Waals surface area contributed by atoms with Crippen LogP contribution in [0.15, 0.2) is 36.7 Å². The summed E-state index contributed by atoms with van der Waals surface area (Å²) in [4.78, 5) is 42.0. The van der Waals surface area contributed by atoms with Gasteiger partial charge in [0.2, 0.25) is 5.91 Å². The van der Waals surface area contributed by atoms with Gasteiger partial charge in [0.15, 0.2) is 0 Å². The molecule has 2 atom stereocenters. The average molecular weight is 706 g/mol. The molecule has 12 nitrogen and oxygen atoms in total. The van der Waals surface area contributed by atoms with E-state index in [4.69, 9.17) is 19.2 Å². The number of anilines is 2. The van der Waals surface area contributed by atoms with Gasteiger partial charge < -0.3 is 33.9 Å². The maximum absolute atomic E-state index is 13.4. The minimum atomic E-state index is -1.23. The van der Waals surface area contributed by atoms with Gasteiger partial charge in [0, 0.05) is 59.1 Å². The van der Waals surface area contributed by atoms with Crippen molar-refractivity contribution in [2.24, 2.45) is 5.92 Å². The quantitative estimate of drug-likeness (QED) is 0.203. The molecule has 5 heterocycles. The van der Waals surface area contributed by atoms with E-state index in [2.05, 4.69) is 62.5 Å². The second-order valence-electron chi connectivity index (χ2n) is 16.1. The zero-order chi connectivity index (χ0) is 35.5. The van der Waals surface area contributed by atoms with Gasteiger partial charge in [-0.25, -0.2) is 14.8 Å². The standard InChI is InChI=1S/C37H55N7O5Si/c1-37(2,3)49-36(46)43-14-7-8-30(24-43)42-15-13-28(23-42)35(45)40-29-11-9-27(10-12-29)32-22-31-33(41-16-18-47-19-17-41)38-25-39-34(31)44(32)26-48-20-21-50(4,5)6/h9-12,22,25,28,30H,7-8,13-21,23-24,26H2,1-6H3,(H,40,45)/t28-,30?/m1/s1. The number of likely N-dealkylation sites (tertiary alicyclic amines) is 2. The number of carbonyl (C=O) groups is 2. The third kappa shape index (κ3) is 9.03. The van der Waals surface area contributed by atoms with E-state index in [1.165, 1.54) is 0 Å². The highest BCUT2D eigenvalue weighted by molar-refractivity contribution is 6.76. The molecule has 0 spiro atoms. The summed E-state index contributed by atoms with van der Waals surface area (Å²) in [6, 6.07) is 11.6. The van der Waals surface area contributed by atoms with Crippen molar-refractivity contribution >= 4 is 42.6 Å². The van der Waals surface area contributed by atoms with E-state index in [9.17, 15) is 9.59 Å². The lowest BCUT2D eigenvalue weighted by Crippen LogP contribution is -2.50. The Kier molecular flexibility index (Phi) is 11.2. The van der Waals surface area contributed by atoms with Gasteiger partial charge in [-0.1, -0.05) is 31.8 Å². The van der Waals surface area contributed by atoms with Crippen molar-refractivity contribution in [1.29, 1.82) is 0 Å². The summed E-state index contributed by atoms with van der Waals surface area (Å²) in [5.74, 6) is 0.857. The molecule has 0 radical (unpaired) electrons. The minimum absolute atomic E-state index is 0.0374. The van der Waals surface area contributed by atoms with Crippen LogP contribution >= 0.6 is 0 Å². The smallest absolute Gasteiger partial charge is 0.410 e. The third-order valence-corrected chi connectivity index (χ3v) is 11.5. The normalized spacial score (nSPS) is 20.8. The first-order chi connectivity index (χ1) is 23.8. The molecule has 3 fully saturated rings. The maximum atomic E-state index is 13.4. The fourth-order valence-corrected chi connectivity index (χ4v) is 7.78. The molecule has 272 valence electrons. The van der Waals surface area contributed by atoms with E-state index in [-0.39, 0.29) is 24.0 Å². The number of hydrogen-bond donors (Lipinski definition) is 1. The summed E-state index contributed by atoms with van der Waals surface area (Å²) in [6.07, 6.45) is 4.16. The van der Waals surface area contributed by atoms with E-state index in [0.29, 0.717) is 46.2 Å². The lowest BCUT2D eigenvalue weighted by atomic mass is 10.0. The molecule has 50 heavy (non-hydrogen) atoms. The summed E-state index contributed by atoms with van der Waals surface area (Å²) in [5.41, 5.74) is 3.12. The first-order valence-corrected chi connectivity index (χ1v) is 21.9. The molecule has 3 aliphatic rings. The SMILES string of the molecule is CC(C)(C)OC(=O)N1CCCC(N2CC[C@@H](C(=O)Nc3ccc(-c4cc5c(N6CCOCC6)ncnc5n4COCC[Si](C)(C)C)cc3)C2)C1. The van der Waals surface area contributed by atoms with Crippen LogP contribution in [-0.4, -0.2) is 115 Å². The molecule has 3 aliphatic heterocycles. The number of amides is 2. The summed E-state index contributed by atoms with van der Waals surface area (Å²) in [5, 5.41) is 4.16. The Bertz CT molecular complexity index is 1630. The Morgan fingerprint density at radius 2 is 1.76 bits per heavy atom. The van der Waals surface area contributed by atoms with Gasteiger partial charge in [-0.2, -0.15) is 0 Å². The van der Waals surface area contributed by atoms with Gasteiger partial charge in [-0.3, -0.25) is 9.69 Å². The van der Waals surface area contributed by atoms with Crippen molar-refractivity contribution < 1.29 is 23.8 Å². The Hall–Kier alpha value is -3.52. The molecule has 1 aromatic carbocycles. The minimum Gasteiger partial charge on any atom is -0.444 e. The van der Waals surface area contributed by atoms with Crippen LogP contribution in [0.25, 0.3) is 22.3 Å². The molecule has 6 rings (SSSR count). The number of ether oxygens (including phenoxy) is 3. The van der Waals surface area contributed by atoms with Crippen LogP contribution in [0.1, 0.15) is 40.0 Å². The van der Waals surface area contributed by atoms with Gasteiger partial charge in [0.05, 0.1) is 30.2 Å². The summed E-state index contributed by atoms with van der Waals surface area (Å²) >= 11 is 0. The summed E-state index contributed by atoms with van der Waals surface area (Å²) < 4.78 is 19.6. The van der Waals surface area contributed by atoms with E-state index in [1.807, 2.05) is 37.8 Å².